The van der Waals surface area contributed by atoms with Crippen LogP contribution in [-0.4, -0.2) is 23.4 Å². The number of anilines is 1. The minimum atomic E-state index is -0.405. The standard InChI is InChI=1S/C20H19N3O4/c1-2-26-20-16(9-5-11-21-20)19(25)23-17-10-4-3-8-15(17)18(24)22-13-14-7-6-12-27-14/h3-12H,2,13H2,1H3,(H,22,24)(H,23,25). The quantitative estimate of drug-likeness (QED) is 0.670. The number of furan rings is 1. The van der Waals surface area contributed by atoms with Crippen molar-refractivity contribution in [2.24, 2.45) is 0 Å². The second kappa shape index (κ2) is 8.66. The zero-order chi connectivity index (χ0) is 19.1. The molecule has 0 atom stereocenters. The number of carbonyl (C=O) groups is 2. The second-order valence-electron chi connectivity index (χ2n) is 5.55. The highest BCUT2D eigenvalue weighted by atomic mass is 16.5. The van der Waals surface area contributed by atoms with E-state index in [0.29, 0.717) is 29.2 Å². The topological polar surface area (TPSA) is 93.5 Å². The number of nitrogens with one attached hydrogen (secondary N) is 2. The molecule has 0 saturated heterocycles. The molecule has 1 aromatic carbocycles. The third-order valence-corrected chi connectivity index (χ3v) is 3.72. The Morgan fingerprint density at radius 3 is 2.63 bits per heavy atom. The summed E-state index contributed by atoms with van der Waals surface area (Å²) < 4.78 is 10.6. The van der Waals surface area contributed by atoms with Crippen molar-refractivity contribution in [3.8, 4) is 5.88 Å². The van der Waals surface area contributed by atoms with E-state index in [-0.39, 0.29) is 18.3 Å². The van der Waals surface area contributed by atoms with Crippen molar-refractivity contribution in [1.82, 2.24) is 10.3 Å². The highest BCUT2D eigenvalue weighted by Gasteiger charge is 2.17. The van der Waals surface area contributed by atoms with E-state index in [0.717, 1.165) is 0 Å². The molecule has 0 saturated carbocycles. The van der Waals surface area contributed by atoms with Crippen molar-refractivity contribution >= 4 is 17.5 Å². The van der Waals surface area contributed by atoms with Crippen LogP contribution in [0.1, 0.15) is 33.4 Å². The van der Waals surface area contributed by atoms with Gasteiger partial charge in [0.2, 0.25) is 5.88 Å². The van der Waals surface area contributed by atoms with Crippen molar-refractivity contribution < 1.29 is 18.7 Å². The molecule has 138 valence electrons. The number of para-hydroxylation sites is 1. The van der Waals surface area contributed by atoms with Crippen molar-refractivity contribution in [1.29, 1.82) is 0 Å². The van der Waals surface area contributed by atoms with Gasteiger partial charge < -0.3 is 19.8 Å². The molecule has 0 bridgehead atoms. The molecule has 0 aliphatic heterocycles. The molecular weight excluding hydrogens is 346 g/mol. The van der Waals surface area contributed by atoms with E-state index in [1.165, 1.54) is 0 Å². The number of aromatic nitrogens is 1. The first-order valence-electron chi connectivity index (χ1n) is 8.47. The maximum Gasteiger partial charge on any atom is 0.261 e. The van der Waals surface area contributed by atoms with Gasteiger partial charge in [-0.05, 0) is 43.3 Å². The van der Waals surface area contributed by atoms with Gasteiger partial charge in [-0.3, -0.25) is 9.59 Å². The van der Waals surface area contributed by atoms with Crippen LogP contribution in [0.5, 0.6) is 5.88 Å². The third kappa shape index (κ3) is 4.52. The zero-order valence-corrected chi connectivity index (χ0v) is 14.8. The molecule has 3 aromatic rings. The molecule has 2 amide bonds. The Bertz CT molecular complexity index is 922. The number of hydrogen-bond donors (Lipinski definition) is 2. The van der Waals surface area contributed by atoms with E-state index in [4.69, 9.17) is 9.15 Å². The van der Waals surface area contributed by atoms with E-state index >= 15 is 0 Å². The van der Waals surface area contributed by atoms with Crippen LogP contribution in [0, 0.1) is 0 Å². The minimum absolute atomic E-state index is 0.247. The van der Waals surface area contributed by atoms with E-state index < -0.39 is 5.91 Å². The summed E-state index contributed by atoms with van der Waals surface area (Å²) in [4.78, 5) is 29.2. The van der Waals surface area contributed by atoms with E-state index in [1.54, 1.807) is 61.0 Å². The molecule has 7 nitrogen and oxygen atoms in total. The molecule has 2 aromatic heterocycles. The van der Waals surface area contributed by atoms with Gasteiger partial charge in [-0.1, -0.05) is 12.1 Å². The fraction of sp³-hybridized carbons (Fsp3) is 0.150. The molecule has 0 fully saturated rings. The number of amides is 2. The lowest BCUT2D eigenvalue weighted by Crippen LogP contribution is -2.24. The van der Waals surface area contributed by atoms with Crippen LogP contribution in [0.15, 0.2) is 65.4 Å². The molecule has 7 heteroatoms. The molecule has 2 N–H and O–H groups in total. The maximum atomic E-state index is 12.7. The first-order chi connectivity index (χ1) is 13.2. The van der Waals surface area contributed by atoms with Gasteiger partial charge in [-0.25, -0.2) is 4.98 Å². The molecule has 3 rings (SSSR count). The summed E-state index contributed by atoms with van der Waals surface area (Å²) in [5.41, 5.74) is 1.04. The van der Waals surface area contributed by atoms with Crippen LogP contribution in [0.4, 0.5) is 5.69 Å². The summed E-state index contributed by atoms with van der Waals surface area (Å²) in [6, 6.07) is 13.6. The predicted molar refractivity (Wildman–Crippen MR) is 99.7 cm³/mol. The summed E-state index contributed by atoms with van der Waals surface area (Å²) in [5.74, 6) is 0.162. The van der Waals surface area contributed by atoms with Gasteiger partial charge in [0.25, 0.3) is 11.8 Å². The predicted octanol–water partition coefficient (Wildman–Crippen LogP) is 3.26. The van der Waals surface area contributed by atoms with Crippen molar-refractivity contribution in [2.45, 2.75) is 13.5 Å². The molecule has 0 unspecified atom stereocenters. The molecule has 27 heavy (non-hydrogen) atoms. The average Bonchev–Trinajstić information content (AvgIpc) is 3.21. The van der Waals surface area contributed by atoms with E-state index in [1.807, 2.05) is 6.92 Å². The average molecular weight is 365 g/mol. The fourth-order valence-electron chi connectivity index (χ4n) is 2.47. The highest BCUT2D eigenvalue weighted by molar-refractivity contribution is 6.09. The first-order valence-corrected chi connectivity index (χ1v) is 8.47. The third-order valence-electron chi connectivity index (χ3n) is 3.72. The van der Waals surface area contributed by atoms with Crippen molar-refractivity contribution in [2.75, 3.05) is 11.9 Å². The molecule has 0 aliphatic carbocycles. The van der Waals surface area contributed by atoms with Crippen molar-refractivity contribution in [3.05, 3.63) is 77.9 Å². The normalized spacial score (nSPS) is 10.3. The molecule has 0 radical (unpaired) electrons. The number of nitrogens with zero attached hydrogens (tertiary/aromatic N) is 1. The Morgan fingerprint density at radius 2 is 1.85 bits per heavy atom. The molecule has 2 heterocycles. The Kier molecular flexibility index (Phi) is 5.84. The van der Waals surface area contributed by atoms with Crippen LogP contribution < -0.4 is 15.4 Å². The smallest absolute Gasteiger partial charge is 0.261 e. The van der Waals surface area contributed by atoms with Crippen LogP contribution >= 0.6 is 0 Å². The van der Waals surface area contributed by atoms with Crippen LogP contribution in [0.3, 0.4) is 0 Å². The van der Waals surface area contributed by atoms with Gasteiger partial charge in [0.05, 0.1) is 30.7 Å². The summed E-state index contributed by atoms with van der Waals surface area (Å²) in [5, 5.41) is 5.52. The Balaban J connectivity index is 1.76. The Morgan fingerprint density at radius 1 is 1.04 bits per heavy atom. The number of rotatable bonds is 7. The van der Waals surface area contributed by atoms with Crippen LogP contribution in [0.25, 0.3) is 0 Å². The van der Waals surface area contributed by atoms with Gasteiger partial charge in [-0.15, -0.1) is 0 Å². The van der Waals surface area contributed by atoms with E-state index in [2.05, 4.69) is 15.6 Å². The zero-order valence-electron chi connectivity index (χ0n) is 14.8. The lowest BCUT2D eigenvalue weighted by atomic mass is 10.1. The number of hydrogen-bond acceptors (Lipinski definition) is 5. The molecule has 0 spiro atoms. The summed E-state index contributed by atoms with van der Waals surface area (Å²) in [6.45, 7) is 2.46. The molecule has 0 aliphatic rings. The summed E-state index contributed by atoms with van der Waals surface area (Å²) in [6.07, 6.45) is 3.09. The van der Waals surface area contributed by atoms with Crippen LogP contribution in [0.2, 0.25) is 0 Å². The monoisotopic (exact) mass is 365 g/mol. The number of pyridine rings is 1. The van der Waals surface area contributed by atoms with Gasteiger partial charge in [0.15, 0.2) is 0 Å². The minimum Gasteiger partial charge on any atom is -0.477 e. The maximum absolute atomic E-state index is 12.7. The Hall–Kier alpha value is -3.61. The van der Waals surface area contributed by atoms with Crippen LogP contribution in [-0.2, 0) is 6.54 Å². The number of ether oxygens (including phenoxy) is 1. The summed E-state index contributed by atoms with van der Waals surface area (Å²) >= 11 is 0. The Labute approximate surface area is 156 Å². The van der Waals surface area contributed by atoms with Crippen molar-refractivity contribution in [3.63, 3.8) is 0 Å². The van der Waals surface area contributed by atoms with E-state index in [9.17, 15) is 9.59 Å². The van der Waals surface area contributed by atoms with Gasteiger partial charge in [0.1, 0.15) is 11.3 Å². The molecular formula is C20H19N3O4. The lowest BCUT2D eigenvalue weighted by molar-refractivity contribution is 0.0949. The first kappa shape index (κ1) is 18.2. The summed E-state index contributed by atoms with van der Waals surface area (Å²) in [7, 11) is 0. The van der Waals surface area contributed by atoms with Gasteiger partial charge in [-0.2, -0.15) is 0 Å². The number of carbonyl (C=O) groups excluding carboxylic acids is 2. The number of benzene rings is 1. The highest BCUT2D eigenvalue weighted by Crippen LogP contribution is 2.20. The second-order valence-corrected chi connectivity index (χ2v) is 5.55. The lowest BCUT2D eigenvalue weighted by Gasteiger charge is -2.12. The largest absolute Gasteiger partial charge is 0.477 e. The van der Waals surface area contributed by atoms with Gasteiger partial charge in [0, 0.05) is 6.20 Å². The SMILES string of the molecule is CCOc1ncccc1C(=O)Nc1ccccc1C(=O)NCc1ccco1. The fourth-order valence-corrected chi connectivity index (χ4v) is 2.47. The van der Waals surface area contributed by atoms with Gasteiger partial charge >= 0.3 is 0 Å².